The first-order valence-electron chi connectivity index (χ1n) is 3.58. The first kappa shape index (κ1) is 11.3. The summed E-state index contributed by atoms with van der Waals surface area (Å²) in [6.45, 7) is 5.49. The molecule has 11 heavy (non-hydrogen) atoms. The molecule has 0 aromatic rings. The summed E-state index contributed by atoms with van der Waals surface area (Å²) in [7, 11) is 0. The third-order valence-corrected chi connectivity index (χ3v) is 1.91. The first-order chi connectivity index (χ1) is 4.95. The van der Waals surface area contributed by atoms with Gasteiger partial charge in [0.25, 0.3) is 0 Å². The van der Waals surface area contributed by atoms with E-state index in [9.17, 15) is 4.79 Å². The van der Waals surface area contributed by atoms with Gasteiger partial charge in [0, 0.05) is 28.6 Å². The third kappa shape index (κ3) is 4.71. The zero-order valence-corrected chi connectivity index (χ0v) is 9.12. The molecule has 0 aliphatic rings. The Balaban J connectivity index is 4.01. The summed E-state index contributed by atoms with van der Waals surface area (Å²) in [5.74, 6) is 0. The molecule has 4 heteroatoms. The van der Waals surface area contributed by atoms with Crippen LogP contribution in [0.2, 0.25) is 0 Å². The van der Waals surface area contributed by atoms with Crippen LogP contribution in [0.25, 0.3) is 0 Å². The molecule has 2 N–H and O–H groups in total. The van der Waals surface area contributed by atoms with Crippen molar-refractivity contribution in [3.05, 3.63) is 0 Å². The lowest BCUT2D eigenvalue weighted by molar-refractivity contribution is -0.113. The largest absolute Gasteiger partial charge is 0.391 e. The number of nitrogens with one attached hydrogen (secondary N) is 1. The molecular formula is C7H14INO2. The van der Waals surface area contributed by atoms with E-state index in [2.05, 4.69) is 5.32 Å². The minimum absolute atomic E-state index is 0.0497. The zero-order valence-electron chi connectivity index (χ0n) is 6.97. The van der Waals surface area contributed by atoms with E-state index in [0.717, 1.165) is 0 Å². The summed E-state index contributed by atoms with van der Waals surface area (Å²) < 4.78 is -0.0497. The standard InChI is InChI=1S/C7H14INO2/c1-4(2)9-6(5(3)10)7(8)11/h4-6,9-10H,1-3H3/t5-,6+/m1/s1. The van der Waals surface area contributed by atoms with Crippen LogP contribution in [0.5, 0.6) is 0 Å². The Morgan fingerprint density at radius 2 is 1.91 bits per heavy atom. The summed E-state index contributed by atoms with van der Waals surface area (Å²) in [5, 5.41) is 12.1. The Morgan fingerprint density at radius 3 is 2.00 bits per heavy atom. The van der Waals surface area contributed by atoms with Crippen LogP contribution in [0, 0.1) is 0 Å². The summed E-state index contributed by atoms with van der Waals surface area (Å²) in [6, 6.07) is -0.219. The molecule has 0 saturated carbocycles. The molecule has 0 aliphatic heterocycles. The fourth-order valence-electron chi connectivity index (χ4n) is 0.754. The van der Waals surface area contributed by atoms with Crippen molar-refractivity contribution in [3.8, 4) is 0 Å². The Morgan fingerprint density at radius 1 is 1.45 bits per heavy atom. The molecule has 0 heterocycles. The van der Waals surface area contributed by atoms with Crippen molar-refractivity contribution in [1.82, 2.24) is 5.32 Å². The summed E-state index contributed by atoms with van der Waals surface area (Å²) in [5.41, 5.74) is 0. The summed E-state index contributed by atoms with van der Waals surface area (Å²) in [6.07, 6.45) is -0.623. The Labute approximate surface area is 80.7 Å². The van der Waals surface area contributed by atoms with Gasteiger partial charge in [0.05, 0.1) is 6.10 Å². The minimum atomic E-state index is -0.623. The Hall–Kier alpha value is 0.320. The van der Waals surface area contributed by atoms with E-state index in [0.29, 0.717) is 0 Å². The molecule has 0 bridgehead atoms. The van der Waals surface area contributed by atoms with E-state index < -0.39 is 12.1 Å². The average molecular weight is 271 g/mol. The zero-order chi connectivity index (χ0) is 9.02. The van der Waals surface area contributed by atoms with Crippen molar-refractivity contribution < 1.29 is 9.90 Å². The SMILES string of the molecule is CC(C)N[C@H](C(=O)I)[C@@H](C)O. The van der Waals surface area contributed by atoms with Gasteiger partial charge in [-0.05, 0) is 6.92 Å². The van der Waals surface area contributed by atoms with Gasteiger partial charge >= 0.3 is 0 Å². The lowest BCUT2D eigenvalue weighted by Gasteiger charge is -2.19. The highest BCUT2D eigenvalue weighted by Gasteiger charge is 2.21. The molecule has 0 aromatic carbocycles. The number of hydrogen-bond acceptors (Lipinski definition) is 3. The van der Waals surface area contributed by atoms with Crippen molar-refractivity contribution in [2.24, 2.45) is 0 Å². The molecule has 0 radical (unpaired) electrons. The predicted molar refractivity (Wildman–Crippen MR) is 52.8 cm³/mol. The van der Waals surface area contributed by atoms with Crippen LogP contribution in [0.4, 0.5) is 0 Å². The molecular weight excluding hydrogens is 257 g/mol. The van der Waals surface area contributed by atoms with Crippen LogP contribution in [-0.4, -0.2) is 27.1 Å². The van der Waals surface area contributed by atoms with E-state index in [1.54, 1.807) is 29.5 Å². The van der Waals surface area contributed by atoms with Gasteiger partial charge in [0.1, 0.15) is 6.04 Å². The van der Waals surface area contributed by atoms with Gasteiger partial charge in [-0.1, -0.05) is 13.8 Å². The molecule has 0 aromatic heterocycles. The number of carbonyl (C=O) groups is 1. The second-order valence-corrected chi connectivity index (χ2v) is 3.91. The molecule has 0 saturated heterocycles. The molecule has 0 spiro atoms. The number of aliphatic hydroxyl groups excluding tert-OH is 1. The lowest BCUT2D eigenvalue weighted by Crippen LogP contribution is -2.45. The van der Waals surface area contributed by atoms with Crippen molar-refractivity contribution in [2.75, 3.05) is 0 Å². The molecule has 3 nitrogen and oxygen atoms in total. The number of rotatable bonds is 4. The number of carbonyl (C=O) groups excluding carboxylic acids is 1. The number of hydrogen-bond donors (Lipinski definition) is 2. The lowest BCUT2D eigenvalue weighted by atomic mass is 10.2. The Kier molecular flexibility index (Phi) is 5.20. The fourth-order valence-corrected chi connectivity index (χ4v) is 1.45. The summed E-state index contributed by atoms with van der Waals surface area (Å²) >= 11 is 1.69. The van der Waals surface area contributed by atoms with E-state index in [-0.39, 0.29) is 9.83 Å². The van der Waals surface area contributed by atoms with Gasteiger partial charge < -0.3 is 10.4 Å². The smallest absolute Gasteiger partial charge is 0.211 e. The third-order valence-electron chi connectivity index (χ3n) is 1.24. The maximum atomic E-state index is 10.9. The fraction of sp³-hybridized carbons (Fsp3) is 0.857. The second kappa shape index (κ2) is 5.05. The highest BCUT2D eigenvalue weighted by Crippen LogP contribution is 2.01. The normalized spacial score (nSPS) is 16.5. The van der Waals surface area contributed by atoms with Gasteiger partial charge in [-0.3, -0.25) is 4.79 Å². The Bertz CT molecular complexity index is 136. The first-order valence-corrected chi connectivity index (χ1v) is 4.66. The van der Waals surface area contributed by atoms with Crippen molar-refractivity contribution >= 4 is 26.4 Å². The van der Waals surface area contributed by atoms with E-state index in [1.165, 1.54) is 0 Å². The van der Waals surface area contributed by atoms with E-state index in [1.807, 2.05) is 13.8 Å². The van der Waals surface area contributed by atoms with Crippen LogP contribution in [-0.2, 0) is 4.79 Å². The van der Waals surface area contributed by atoms with Crippen LogP contribution in [0.15, 0.2) is 0 Å². The van der Waals surface area contributed by atoms with Crippen molar-refractivity contribution in [1.29, 1.82) is 0 Å². The van der Waals surface area contributed by atoms with Gasteiger partial charge in [-0.25, -0.2) is 0 Å². The van der Waals surface area contributed by atoms with E-state index in [4.69, 9.17) is 5.11 Å². The van der Waals surface area contributed by atoms with Gasteiger partial charge in [0.2, 0.25) is 3.79 Å². The van der Waals surface area contributed by atoms with Crippen molar-refractivity contribution in [3.63, 3.8) is 0 Å². The molecule has 0 fully saturated rings. The maximum absolute atomic E-state index is 10.9. The van der Waals surface area contributed by atoms with E-state index >= 15 is 0 Å². The van der Waals surface area contributed by atoms with Crippen LogP contribution in [0.3, 0.4) is 0 Å². The van der Waals surface area contributed by atoms with Gasteiger partial charge in [-0.15, -0.1) is 0 Å². The highest BCUT2D eigenvalue weighted by atomic mass is 127. The highest BCUT2D eigenvalue weighted by molar-refractivity contribution is 14.1. The maximum Gasteiger partial charge on any atom is 0.211 e. The molecule has 0 unspecified atom stereocenters. The number of aliphatic hydroxyl groups is 1. The average Bonchev–Trinajstić information content (AvgIpc) is 1.81. The second-order valence-electron chi connectivity index (χ2n) is 2.84. The molecule has 2 atom stereocenters. The van der Waals surface area contributed by atoms with Crippen LogP contribution < -0.4 is 5.32 Å². The van der Waals surface area contributed by atoms with Gasteiger partial charge in [-0.2, -0.15) is 0 Å². The van der Waals surface area contributed by atoms with Crippen LogP contribution >= 0.6 is 22.6 Å². The summed E-state index contributed by atoms with van der Waals surface area (Å²) in [4.78, 5) is 10.9. The molecule has 0 rings (SSSR count). The van der Waals surface area contributed by atoms with Gasteiger partial charge in [0.15, 0.2) is 0 Å². The molecule has 0 amide bonds. The topological polar surface area (TPSA) is 49.3 Å². The molecule has 66 valence electrons. The monoisotopic (exact) mass is 271 g/mol. The minimum Gasteiger partial charge on any atom is -0.391 e. The molecule has 0 aliphatic carbocycles. The predicted octanol–water partition coefficient (Wildman–Crippen LogP) is 0.695. The number of halogens is 1. The quantitative estimate of drug-likeness (QED) is 0.584. The van der Waals surface area contributed by atoms with Crippen LogP contribution in [0.1, 0.15) is 20.8 Å². The van der Waals surface area contributed by atoms with Crippen molar-refractivity contribution in [2.45, 2.75) is 39.0 Å².